The number of nitrogens with one attached hydrogen (secondary N) is 3. The fourth-order valence-electron chi connectivity index (χ4n) is 5.93. The molecule has 5 N–H and O–H groups in total. The van der Waals surface area contributed by atoms with Gasteiger partial charge < -0.3 is 31.3 Å². The molecular weight excluding hydrogens is 526 g/mol. The average molecular weight is 578 g/mol. The van der Waals surface area contributed by atoms with E-state index >= 15 is 0 Å². The molecule has 3 aliphatic rings. The monoisotopic (exact) mass is 577 g/mol. The van der Waals surface area contributed by atoms with Gasteiger partial charge in [0.2, 0.25) is 17.6 Å². The number of carbonyl (C=O) groups excluding carboxylic acids is 5. The molecule has 3 fully saturated rings. The van der Waals surface area contributed by atoms with Crippen molar-refractivity contribution in [2.45, 2.75) is 112 Å². The maximum absolute atomic E-state index is 14.1. The zero-order valence-electron chi connectivity index (χ0n) is 26.4. The van der Waals surface area contributed by atoms with E-state index < -0.39 is 47.2 Å². The number of nitrogens with zero attached hydrogens (tertiary/aromatic N) is 1. The van der Waals surface area contributed by atoms with Gasteiger partial charge in [0.05, 0.1) is 18.2 Å². The molecule has 41 heavy (non-hydrogen) atoms. The first kappa shape index (κ1) is 32.8. The number of urea groups is 1. The van der Waals surface area contributed by atoms with Gasteiger partial charge in [0, 0.05) is 6.54 Å². The lowest BCUT2D eigenvalue weighted by atomic mass is 9.85. The fraction of sp³-hybridized carbons (Fsp3) is 0.833. The minimum Gasteiger partial charge on any atom is -0.374 e. The summed E-state index contributed by atoms with van der Waals surface area (Å²) in [4.78, 5) is 66.7. The molecule has 0 radical (unpaired) electrons. The number of Topliss-reactive ketones (excluding diaryl/α,β-unsaturated/α-hetero) is 1. The first-order valence-electron chi connectivity index (χ1n) is 14.8. The van der Waals surface area contributed by atoms with Crippen LogP contribution in [0.5, 0.6) is 0 Å². The van der Waals surface area contributed by atoms with E-state index in [4.69, 9.17) is 10.5 Å². The number of piperidine rings is 1. The molecule has 3 rings (SSSR count). The number of primary amides is 1. The van der Waals surface area contributed by atoms with Gasteiger partial charge in [0.25, 0.3) is 5.91 Å². The highest BCUT2D eigenvalue weighted by molar-refractivity contribution is 6.38. The van der Waals surface area contributed by atoms with Crippen LogP contribution in [-0.4, -0.2) is 77.4 Å². The molecule has 0 aromatic heterocycles. The highest BCUT2D eigenvalue weighted by atomic mass is 16.5. The molecule has 0 aromatic rings. The topological polar surface area (TPSA) is 160 Å². The minimum absolute atomic E-state index is 0.0930. The Morgan fingerprint density at radius 3 is 2.02 bits per heavy atom. The van der Waals surface area contributed by atoms with Crippen LogP contribution in [0.4, 0.5) is 4.79 Å². The third kappa shape index (κ3) is 7.59. The van der Waals surface area contributed by atoms with Gasteiger partial charge in [0.1, 0.15) is 18.1 Å². The number of amides is 5. The van der Waals surface area contributed by atoms with Crippen molar-refractivity contribution in [1.29, 1.82) is 0 Å². The minimum atomic E-state index is -1.08. The van der Waals surface area contributed by atoms with Crippen LogP contribution in [0.15, 0.2) is 0 Å². The summed E-state index contributed by atoms with van der Waals surface area (Å²) in [5.41, 5.74) is 4.08. The smallest absolute Gasteiger partial charge is 0.315 e. The summed E-state index contributed by atoms with van der Waals surface area (Å²) < 4.78 is 5.90. The summed E-state index contributed by atoms with van der Waals surface area (Å²) in [6, 6.07) is -3.47. The van der Waals surface area contributed by atoms with Crippen LogP contribution in [0.3, 0.4) is 0 Å². The van der Waals surface area contributed by atoms with Crippen LogP contribution in [-0.2, 0) is 23.9 Å². The number of hydrogen-bond donors (Lipinski definition) is 4. The Morgan fingerprint density at radius 1 is 0.976 bits per heavy atom. The number of nitrogens with two attached hydrogens (primary N) is 1. The highest BCUT2D eigenvalue weighted by Crippen LogP contribution is 2.65. The maximum atomic E-state index is 14.1. The molecule has 5 amide bonds. The van der Waals surface area contributed by atoms with Gasteiger partial charge in [-0.1, -0.05) is 48.5 Å². The Bertz CT molecular complexity index is 1050. The number of likely N-dealkylation sites (tertiary alicyclic amines) is 1. The average Bonchev–Trinajstić information content (AvgIpc) is 3.69. The Morgan fingerprint density at radius 2 is 1.56 bits per heavy atom. The zero-order chi connectivity index (χ0) is 31.2. The van der Waals surface area contributed by atoms with Gasteiger partial charge in [-0.3, -0.25) is 19.2 Å². The summed E-state index contributed by atoms with van der Waals surface area (Å²) in [6.07, 6.45) is 1.44. The number of carbonyl (C=O) groups is 5. The maximum Gasteiger partial charge on any atom is 0.315 e. The SMILES string of the molecule is CC(C)[C@@H](COC(C)(C)C)NC(=O)N[C@H](C(=O)N1C[C@H]2[C@@H]([C@H]1C(=O)NC(C(=O)C(N)=O)C1CC1)C2(C)C)C(C)(C)C. The predicted molar refractivity (Wildman–Crippen MR) is 154 cm³/mol. The zero-order valence-corrected chi connectivity index (χ0v) is 26.4. The number of ether oxygens (including phenoxy) is 1. The summed E-state index contributed by atoms with van der Waals surface area (Å²) in [5.74, 6) is -2.73. The number of hydrogen-bond acceptors (Lipinski definition) is 6. The van der Waals surface area contributed by atoms with Gasteiger partial charge >= 0.3 is 6.03 Å². The molecule has 0 aromatic carbocycles. The molecule has 11 nitrogen and oxygen atoms in total. The van der Waals surface area contributed by atoms with Crippen LogP contribution in [0, 0.1) is 34.5 Å². The van der Waals surface area contributed by atoms with E-state index in [0.717, 1.165) is 12.8 Å². The summed E-state index contributed by atoms with van der Waals surface area (Å²) in [6.45, 7) is 20.2. The molecule has 6 atom stereocenters. The molecule has 0 bridgehead atoms. The van der Waals surface area contributed by atoms with Crippen molar-refractivity contribution in [3.8, 4) is 0 Å². The second-order valence-electron chi connectivity index (χ2n) is 15.1. The Labute approximate surface area is 244 Å². The van der Waals surface area contributed by atoms with E-state index in [9.17, 15) is 24.0 Å². The van der Waals surface area contributed by atoms with Crippen molar-refractivity contribution in [2.75, 3.05) is 13.2 Å². The molecule has 0 spiro atoms. The van der Waals surface area contributed by atoms with Crippen molar-refractivity contribution < 1.29 is 28.7 Å². The van der Waals surface area contributed by atoms with E-state index in [1.54, 1.807) is 4.90 Å². The number of fused-ring (bicyclic) bond motifs is 1. The lowest BCUT2D eigenvalue weighted by molar-refractivity contribution is -0.145. The van der Waals surface area contributed by atoms with Gasteiger partial charge in [-0.25, -0.2) is 4.79 Å². The summed E-state index contributed by atoms with van der Waals surface area (Å²) in [7, 11) is 0. The quantitative estimate of drug-likeness (QED) is 0.275. The Balaban J connectivity index is 1.79. The van der Waals surface area contributed by atoms with Crippen molar-refractivity contribution in [3.05, 3.63) is 0 Å². The largest absolute Gasteiger partial charge is 0.374 e. The third-order valence-electron chi connectivity index (χ3n) is 8.88. The first-order valence-corrected chi connectivity index (χ1v) is 14.8. The Kier molecular flexibility index (Phi) is 9.23. The molecule has 11 heteroatoms. The standard InChI is InChI=1S/C30H51N5O6/c1-15(2)18(14-41-29(6,7)8)32-27(40)34-23(28(3,4)5)26(39)35-13-17-19(30(17,9)10)21(35)25(38)33-20(16-11-12-16)22(36)24(31)37/h15-21,23H,11-14H2,1-10H3,(H2,31,37)(H,33,38)(H2,32,34,40)/t17-,18+,19-,20?,21-,23+/m0/s1. The van der Waals surface area contributed by atoms with Gasteiger partial charge in [-0.15, -0.1) is 0 Å². The van der Waals surface area contributed by atoms with E-state index in [1.807, 2.05) is 55.4 Å². The second kappa shape index (κ2) is 11.5. The van der Waals surface area contributed by atoms with Gasteiger partial charge in [-0.2, -0.15) is 0 Å². The molecule has 1 saturated heterocycles. The molecule has 2 aliphatic carbocycles. The lowest BCUT2D eigenvalue weighted by Crippen LogP contribution is -2.62. The number of rotatable bonds is 11. The summed E-state index contributed by atoms with van der Waals surface area (Å²) in [5, 5.41) is 8.62. The molecule has 2 saturated carbocycles. The predicted octanol–water partition coefficient (Wildman–Crippen LogP) is 1.97. The third-order valence-corrected chi connectivity index (χ3v) is 8.88. The van der Waals surface area contributed by atoms with Crippen molar-refractivity contribution in [3.63, 3.8) is 0 Å². The van der Waals surface area contributed by atoms with Crippen LogP contribution < -0.4 is 21.7 Å². The second-order valence-corrected chi connectivity index (χ2v) is 15.1. The van der Waals surface area contributed by atoms with E-state index in [0.29, 0.717) is 13.2 Å². The van der Waals surface area contributed by atoms with Gasteiger partial charge in [-0.05, 0) is 68.1 Å². The van der Waals surface area contributed by atoms with E-state index in [-0.39, 0.29) is 46.6 Å². The van der Waals surface area contributed by atoms with Crippen LogP contribution in [0.25, 0.3) is 0 Å². The molecular formula is C30H51N5O6. The number of ketones is 1. The van der Waals surface area contributed by atoms with E-state index in [1.165, 1.54) is 0 Å². The molecule has 1 aliphatic heterocycles. The highest BCUT2D eigenvalue weighted by Gasteiger charge is 2.70. The van der Waals surface area contributed by atoms with Gasteiger partial charge in [0.15, 0.2) is 0 Å². The van der Waals surface area contributed by atoms with E-state index in [2.05, 4.69) is 29.8 Å². The van der Waals surface area contributed by atoms with Crippen molar-refractivity contribution in [1.82, 2.24) is 20.9 Å². The first-order chi connectivity index (χ1) is 18.7. The Hall–Kier alpha value is -2.69. The normalized spacial score (nSPS) is 25.5. The van der Waals surface area contributed by atoms with Crippen LogP contribution >= 0.6 is 0 Å². The molecule has 232 valence electrons. The van der Waals surface area contributed by atoms with Crippen molar-refractivity contribution in [2.24, 2.45) is 40.2 Å². The molecule has 1 unspecified atom stereocenters. The summed E-state index contributed by atoms with van der Waals surface area (Å²) >= 11 is 0. The van der Waals surface area contributed by atoms with Crippen LogP contribution in [0.2, 0.25) is 0 Å². The lowest BCUT2D eigenvalue weighted by Gasteiger charge is -2.38. The molecule has 1 heterocycles. The fourth-order valence-corrected chi connectivity index (χ4v) is 5.93. The van der Waals surface area contributed by atoms with Crippen molar-refractivity contribution >= 4 is 29.5 Å². The van der Waals surface area contributed by atoms with Crippen LogP contribution in [0.1, 0.15) is 82.1 Å².